The standard InChI is InChI=1S/C23H21N5OS/c1-16-8-13-21(17(2)14-16)28-23(25-26-27-28)30-15-18-9-11-19(12-10-18)22(29)24-20-6-4-3-5-7-20/h3-14H,15H2,1-2H3,(H,24,29). The number of aryl methyl sites for hydroxylation is 2. The molecule has 1 N–H and O–H groups in total. The lowest BCUT2D eigenvalue weighted by molar-refractivity contribution is 0.102. The largest absolute Gasteiger partial charge is 0.322 e. The van der Waals surface area contributed by atoms with Crippen LogP contribution in [0.2, 0.25) is 0 Å². The second-order valence-electron chi connectivity index (χ2n) is 6.97. The van der Waals surface area contributed by atoms with E-state index in [1.165, 1.54) is 5.56 Å². The number of rotatable bonds is 6. The van der Waals surface area contributed by atoms with Crippen molar-refractivity contribution in [2.45, 2.75) is 24.8 Å². The topological polar surface area (TPSA) is 72.7 Å². The molecule has 30 heavy (non-hydrogen) atoms. The third kappa shape index (κ3) is 4.58. The third-order valence-corrected chi connectivity index (χ3v) is 5.63. The minimum atomic E-state index is -0.126. The third-order valence-electron chi connectivity index (χ3n) is 4.64. The van der Waals surface area contributed by atoms with Crippen LogP contribution in [0.3, 0.4) is 0 Å². The Hall–Kier alpha value is -3.45. The predicted octanol–water partition coefficient (Wildman–Crippen LogP) is 4.82. The SMILES string of the molecule is Cc1ccc(-n2nnnc2SCc2ccc(C(=O)Nc3ccccc3)cc2)c(C)c1. The lowest BCUT2D eigenvalue weighted by Crippen LogP contribution is -2.11. The van der Waals surface area contributed by atoms with Crippen LogP contribution in [0.25, 0.3) is 5.69 Å². The van der Waals surface area contributed by atoms with Crippen molar-refractivity contribution in [1.29, 1.82) is 0 Å². The Morgan fingerprint density at radius 3 is 2.50 bits per heavy atom. The average Bonchev–Trinajstić information content (AvgIpc) is 3.21. The molecule has 1 heterocycles. The van der Waals surface area contributed by atoms with E-state index in [4.69, 9.17) is 0 Å². The van der Waals surface area contributed by atoms with Crippen molar-refractivity contribution in [1.82, 2.24) is 20.2 Å². The second kappa shape index (κ2) is 8.92. The fourth-order valence-electron chi connectivity index (χ4n) is 3.09. The Kier molecular flexibility index (Phi) is 5.90. The molecule has 1 aromatic heterocycles. The molecule has 4 aromatic rings. The zero-order valence-electron chi connectivity index (χ0n) is 16.7. The van der Waals surface area contributed by atoms with E-state index in [0.717, 1.165) is 27.7 Å². The Bertz CT molecular complexity index is 1160. The lowest BCUT2D eigenvalue weighted by atomic mass is 10.1. The van der Waals surface area contributed by atoms with Crippen LogP contribution in [0, 0.1) is 13.8 Å². The van der Waals surface area contributed by atoms with Crippen LogP contribution in [0.5, 0.6) is 0 Å². The fourth-order valence-corrected chi connectivity index (χ4v) is 3.93. The molecule has 0 saturated carbocycles. The number of carbonyl (C=O) groups is 1. The van der Waals surface area contributed by atoms with Crippen LogP contribution in [0.1, 0.15) is 27.0 Å². The summed E-state index contributed by atoms with van der Waals surface area (Å²) in [5.41, 5.74) is 5.79. The molecular formula is C23H21N5OS. The first-order chi connectivity index (χ1) is 14.6. The molecule has 0 aliphatic heterocycles. The lowest BCUT2D eigenvalue weighted by Gasteiger charge is -2.09. The maximum absolute atomic E-state index is 12.4. The number of para-hydroxylation sites is 1. The Morgan fingerprint density at radius 2 is 1.77 bits per heavy atom. The van der Waals surface area contributed by atoms with Gasteiger partial charge in [0.2, 0.25) is 5.16 Å². The summed E-state index contributed by atoms with van der Waals surface area (Å²) >= 11 is 1.56. The molecule has 0 unspecified atom stereocenters. The molecule has 0 atom stereocenters. The van der Waals surface area contributed by atoms with Gasteiger partial charge in [-0.3, -0.25) is 4.79 Å². The summed E-state index contributed by atoms with van der Waals surface area (Å²) in [6.45, 7) is 4.12. The molecule has 0 bridgehead atoms. The van der Waals surface area contributed by atoms with E-state index in [1.54, 1.807) is 16.4 Å². The Labute approximate surface area is 179 Å². The van der Waals surface area contributed by atoms with Gasteiger partial charge >= 0.3 is 0 Å². The van der Waals surface area contributed by atoms with Crippen molar-refractivity contribution in [2.24, 2.45) is 0 Å². The number of nitrogens with zero attached hydrogens (tertiary/aromatic N) is 4. The van der Waals surface area contributed by atoms with E-state index in [-0.39, 0.29) is 5.91 Å². The van der Waals surface area contributed by atoms with Gasteiger partial charge in [-0.15, -0.1) is 5.10 Å². The molecule has 0 aliphatic rings. The maximum atomic E-state index is 12.4. The van der Waals surface area contributed by atoms with Crippen LogP contribution in [0.15, 0.2) is 78.0 Å². The van der Waals surface area contributed by atoms with Crippen molar-refractivity contribution < 1.29 is 4.79 Å². The van der Waals surface area contributed by atoms with Gasteiger partial charge in [-0.1, -0.05) is 59.8 Å². The molecule has 150 valence electrons. The number of aromatic nitrogens is 4. The van der Waals surface area contributed by atoms with E-state index < -0.39 is 0 Å². The average molecular weight is 416 g/mol. The normalized spacial score (nSPS) is 10.7. The smallest absolute Gasteiger partial charge is 0.255 e. The van der Waals surface area contributed by atoms with Gasteiger partial charge in [-0.2, -0.15) is 4.68 Å². The number of anilines is 1. The number of hydrogen-bond donors (Lipinski definition) is 1. The number of benzene rings is 3. The van der Waals surface area contributed by atoms with Crippen molar-refractivity contribution in [2.75, 3.05) is 5.32 Å². The summed E-state index contributed by atoms with van der Waals surface area (Å²) < 4.78 is 1.76. The highest BCUT2D eigenvalue weighted by Crippen LogP contribution is 2.24. The Balaban J connectivity index is 1.42. The molecule has 0 spiro atoms. The van der Waals surface area contributed by atoms with Gasteiger partial charge in [0.05, 0.1) is 5.69 Å². The summed E-state index contributed by atoms with van der Waals surface area (Å²) in [4.78, 5) is 12.4. The quantitative estimate of drug-likeness (QED) is 0.457. The van der Waals surface area contributed by atoms with E-state index in [1.807, 2.05) is 60.7 Å². The summed E-state index contributed by atoms with van der Waals surface area (Å²) in [5.74, 6) is 0.575. The summed E-state index contributed by atoms with van der Waals surface area (Å²) in [7, 11) is 0. The summed E-state index contributed by atoms with van der Waals surface area (Å²) in [6, 6.07) is 23.2. The van der Waals surface area contributed by atoms with Crippen molar-refractivity contribution >= 4 is 23.4 Å². The first-order valence-corrected chi connectivity index (χ1v) is 10.5. The van der Waals surface area contributed by atoms with Crippen molar-refractivity contribution in [3.8, 4) is 5.69 Å². The second-order valence-corrected chi connectivity index (χ2v) is 7.91. The van der Waals surface area contributed by atoms with Gasteiger partial charge < -0.3 is 5.32 Å². The van der Waals surface area contributed by atoms with E-state index >= 15 is 0 Å². The van der Waals surface area contributed by atoms with Crippen LogP contribution < -0.4 is 5.32 Å². The van der Waals surface area contributed by atoms with Crippen LogP contribution in [0.4, 0.5) is 5.69 Å². The fraction of sp³-hybridized carbons (Fsp3) is 0.130. The minimum Gasteiger partial charge on any atom is -0.322 e. The first-order valence-electron chi connectivity index (χ1n) is 9.54. The van der Waals surface area contributed by atoms with E-state index in [0.29, 0.717) is 11.3 Å². The molecule has 6 nitrogen and oxygen atoms in total. The monoisotopic (exact) mass is 415 g/mol. The maximum Gasteiger partial charge on any atom is 0.255 e. The van der Waals surface area contributed by atoms with Gasteiger partial charge in [0, 0.05) is 17.0 Å². The number of tetrazole rings is 1. The molecule has 0 aliphatic carbocycles. The zero-order valence-corrected chi connectivity index (χ0v) is 17.6. The molecule has 1 amide bonds. The van der Waals surface area contributed by atoms with E-state index in [2.05, 4.69) is 46.8 Å². The molecule has 7 heteroatoms. The summed E-state index contributed by atoms with van der Waals surface area (Å²) in [6.07, 6.45) is 0. The number of nitrogens with one attached hydrogen (secondary N) is 1. The zero-order chi connectivity index (χ0) is 20.9. The number of amides is 1. The highest BCUT2D eigenvalue weighted by atomic mass is 32.2. The van der Waals surface area contributed by atoms with Gasteiger partial charge in [0.15, 0.2) is 0 Å². The molecule has 0 saturated heterocycles. The number of thioether (sulfide) groups is 1. The van der Waals surface area contributed by atoms with Crippen molar-refractivity contribution in [3.63, 3.8) is 0 Å². The molecule has 0 radical (unpaired) electrons. The minimum absolute atomic E-state index is 0.126. The van der Waals surface area contributed by atoms with Crippen LogP contribution >= 0.6 is 11.8 Å². The van der Waals surface area contributed by atoms with Crippen LogP contribution in [-0.4, -0.2) is 26.1 Å². The summed E-state index contributed by atoms with van der Waals surface area (Å²) in [5, 5.41) is 15.8. The van der Waals surface area contributed by atoms with E-state index in [9.17, 15) is 4.79 Å². The van der Waals surface area contributed by atoms with Gasteiger partial charge in [0.25, 0.3) is 5.91 Å². The molecular weight excluding hydrogens is 394 g/mol. The first kappa shape index (κ1) is 19.8. The predicted molar refractivity (Wildman–Crippen MR) is 119 cm³/mol. The highest BCUT2D eigenvalue weighted by molar-refractivity contribution is 7.98. The number of hydrogen-bond acceptors (Lipinski definition) is 5. The van der Waals surface area contributed by atoms with Crippen molar-refractivity contribution in [3.05, 3.63) is 95.1 Å². The molecule has 0 fully saturated rings. The number of carbonyl (C=O) groups excluding carboxylic acids is 1. The highest BCUT2D eigenvalue weighted by Gasteiger charge is 2.12. The molecule has 4 rings (SSSR count). The Morgan fingerprint density at radius 1 is 1.00 bits per heavy atom. The van der Waals surface area contributed by atoms with Crippen LogP contribution in [-0.2, 0) is 5.75 Å². The van der Waals surface area contributed by atoms with Gasteiger partial charge in [0.1, 0.15) is 0 Å². The molecule has 3 aromatic carbocycles. The van der Waals surface area contributed by atoms with Gasteiger partial charge in [-0.05, 0) is 65.7 Å². The van der Waals surface area contributed by atoms with Gasteiger partial charge in [-0.25, -0.2) is 0 Å².